The molecule has 0 aromatic heterocycles. The molecule has 0 saturated heterocycles. The molecule has 3 nitrogen and oxygen atoms in total. The normalized spacial score (nSPS) is 12.6. The van der Waals surface area contributed by atoms with Crippen molar-refractivity contribution in [2.75, 3.05) is 16.6 Å². The molecule has 0 radical (unpaired) electrons. The highest BCUT2D eigenvalue weighted by Crippen LogP contribution is 2.42. The molecule has 0 N–H and O–H groups in total. The van der Waals surface area contributed by atoms with Crippen LogP contribution in [-0.2, 0) is 0 Å². The van der Waals surface area contributed by atoms with Gasteiger partial charge in [0.2, 0.25) is 0 Å². The first kappa shape index (κ1) is 28.3. The van der Waals surface area contributed by atoms with Crippen molar-refractivity contribution >= 4 is 17.2 Å². The summed E-state index contributed by atoms with van der Waals surface area (Å²) in [6.07, 6.45) is 0. The van der Waals surface area contributed by atoms with Gasteiger partial charge in [-0.25, -0.2) is 5.01 Å². The van der Waals surface area contributed by atoms with Gasteiger partial charge in [0.1, 0.15) is 6.67 Å². The lowest BCUT2D eigenvalue weighted by molar-refractivity contribution is 0.914. The summed E-state index contributed by atoms with van der Waals surface area (Å²) in [6.45, 7) is 0.556. The number of hydrogen-bond acceptors (Lipinski definition) is 3. The van der Waals surface area contributed by atoms with E-state index in [9.17, 15) is 0 Å². The lowest BCUT2D eigenvalue weighted by Crippen LogP contribution is -2.31. The third-order valence-electron chi connectivity index (χ3n) is 8.69. The SMILES string of the molecule is c1ccc(C2=NN(c3c(-c4ccccc4)cccc3-c3ccccc3)CN2c2cc(-c3ccccc3)cc(-c3ccccc3)c2)cc1. The Hall–Kier alpha value is -6.19. The van der Waals surface area contributed by atoms with Crippen LogP contribution in [0, 0.1) is 0 Å². The molecule has 0 amide bonds. The summed E-state index contributed by atoms with van der Waals surface area (Å²) in [5.41, 5.74) is 12.6. The zero-order valence-corrected chi connectivity index (χ0v) is 25.9. The van der Waals surface area contributed by atoms with Crippen LogP contribution in [0.25, 0.3) is 44.5 Å². The summed E-state index contributed by atoms with van der Waals surface area (Å²) in [6, 6.07) is 66.5. The molecule has 0 aliphatic carbocycles. The summed E-state index contributed by atoms with van der Waals surface area (Å²) in [5.74, 6) is 0.914. The van der Waals surface area contributed by atoms with Crippen LogP contribution in [0.5, 0.6) is 0 Å². The minimum absolute atomic E-state index is 0.556. The Labute approximate surface area is 276 Å². The van der Waals surface area contributed by atoms with E-state index in [-0.39, 0.29) is 0 Å². The first-order chi connectivity index (χ1) is 23.3. The summed E-state index contributed by atoms with van der Waals surface area (Å²) >= 11 is 0. The van der Waals surface area contributed by atoms with Gasteiger partial charge >= 0.3 is 0 Å². The van der Waals surface area contributed by atoms with Crippen LogP contribution < -0.4 is 9.91 Å². The Bertz CT molecular complexity index is 2030. The highest BCUT2D eigenvalue weighted by Gasteiger charge is 2.30. The van der Waals surface area contributed by atoms with E-state index in [2.05, 4.69) is 198 Å². The predicted molar refractivity (Wildman–Crippen MR) is 197 cm³/mol. The highest BCUT2D eigenvalue weighted by atomic mass is 15.6. The maximum absolute atomic E-state index is 5.44. The van der Waals surface area contributed by atoms with Crippen molar-refractivity contribution in [3.8, 4) is 44.5 Å². The highest BCUT2D eigenvalue weighted by molar-refractivity contribution is 6.13. The topological polar surface area (TPSA) is 18.8 Å². The Morgan fingerprint density at radius 2 is 0.766 bits per heavy atom. The van der Waals surface area contributed by atoms with Crippen LogP contribution in [-0.4, -0.2) is 12.5 Å². The van der Waals surface area contributed by atoms with Crippen LogP contribution in [0.1, 0.15) is 5.56 Å². The van der Waals surface area contributed by atoms with E-state index >= 15 is 0 Å². The molecule has 0 spiro atoms. The number of benzene rings is 7. The number of hydrogen-bond donors (Lipinski definition) is 0. The molecule has 0 atom stereocenters. The minimum Gasteiger partial charge on any atom is -0.304 e. The van der Waals surface area contributed by atoms with E-state index in [4.69, 9.17) is 5.10 Å². The molecule has 224 valence electrons. The second-order valence-corrected chi connectivity index (χ2v) is 11.7. The molecular formula is C44H33N3. The predicted octanol–water partition coefficient (Wildman–Crippen LogP) is 11.0. The summed E-state index contributed by atoms with van der Waals surface area (Å²) in [4.78, 5) is 2.35. The van der Waals surface area contributed by atoms with Crippen LogP contribution in [0.15, 0.2) is 193 Å². The van der Waals surface area contributed by atoms with E-state index in [0.29, 0.717) is 6.67 Å². The molecule has 1 aliphatic rings. The van der Waals surface area contributed by atoms with Gasteiger partial charge in [0.25, 0.3) is 0 Å². The first-order valence-corrected chi connectivity index (χ1v) is 16.0. The maximum Gasteiger partial charge on any atom is 0.162 e. The number of para-hydroxylation sites is 1. The zero-order chi connectivity index (χ0) is 31.4. The molecule has 1 aliphatic heterocycles. The third-order valence-corrected chi connectivity index (χ3v) is 8.69. The van der Waals surface area contributed by atoms with E-state index < -0.39 is 0 Å². The van der Waals surface area contributed by atoms with E-state index in [1.54, 1.807) is 0 Å². The molecule has 0 bridgehead atoms. The van der Waals surface area contributed by atoms with Crippen molar-refractivity contribution in [1.82, 2.24) is 0 Å². The summed E-state index contributed by atoms with van der Waals surface area (Å²) in [7, 11) is 0. The minimum atomic E-state index is 0.556. The van der Waals surface area contributed by atoms with E-state index in [1.807, 2.05) is 0 Å². The van der Waals surface area contributed by atoms with Crippen molar-refractivity contribution in [1.29, 1.82) is 0 Å². The van der Waals surface area contributed by atoms with Crippen molar-refractivity contribution in [3.63, 3.8) is 0 Å². The summed E-state index contributed by atoms with van der Waals surface area (Å²) in [5, 5.41) is 7.62. The van der Waals surface area contributed by atoms with Gasteiger partial charge in [0.15, 0.2) is 5.84 Å². The number of amidine groups is 1. The fourth-order valence-corrected chi connectivity index (χ4v) is 6.41. The second kappa shape index (κ2) is 12.7. The fourth-order valence-electron chi connectivity index (χ4n) is 6.41. The van der Waals surface area contributed by atoms with Crippen molar-refractivity contribution in [2.24, 2.45) is 5.10 Å². The van der Waals surface area contributed by atoms with Crippen molar-refractivity contribution in [3.05, 3.63) is 194 Å². The van der Waals surface area contributed by atoms with Gasteiger partial charge in [0, 0.05) is 22.4 Å². The fraction of sp³-hybridized carbons (Fsp3) is 0.0227. The Morgan fingerprint density at radius 3 is 1.21 bits per heavy atom. The molecular weight excluding hydrogens is 571 g/mol. The van der Waals surface area contributed by atoms with Gasteiger partial charge in [0.05, 0.1) is 5.69 Å². The molecule has 47 heavy (non-hydrogen) atoms. The lowest BCUT2D eigenvalue weighted by Gasteiger charge is -2.26. The number of rotatable bonds is 7. The second-order valence-electron chi connectivity index (χ2n) is 11.7. The molecule has 7 aromatic carbocycles. The Balaban J connectivity index is 1.33. The van der Waals surface area contributed by atoms with Crippen molar-refractivity contribution < 1.29 is 0 Å². The molecule has 0 saturated carbocycles. The standard InChI is InChI=1S/C44H33N3/c1-6-17-33(18-7-1)38-29-39(34-19-8-2-9-20-34)31-40(30-38)46-32-47(45-44(46)37-25-14-5-15-26-37)43-41(35-21-10-3-11-22-35)27-16-28-42(43)36-23-12-4-13-24-36/h1-31H,32H2. The smallest absolute Gasteiger partial charge is 0.162 e. The van der Waals surface area contributed by atoms with Gasteiger partial charge in [-0.05, 0) is 51.6 Å². The molecule has 8 rings (SSSR count). The lowest BCUT2D eigenvalue weighted by atomic mass is 9.95. The Kier molecular flexibility index (Phi) is 7.62. The average Bonchev–Trinajstić information content (AvgIpc) is 3.62. The van der Waals surface area contributed by atoms with Crippen molar-refractivity contribution in [2.45, 2.75) is 0 Å². The average molecular weight is 604 g/mol. The van der Waals surface area contributed by atoms with Gasteiger partial charge in [-0.3, -0.25) is 0 Å². The summed E-state index contributed by atoms with van der Waals surface area (Å²) < 4.78 is 0. The quantitative estimate of drug-likeness (QED) is 0.180. The third kappa shape index (κ3) is 5.71. The van der Waals surface area contributed by atoms with Gasteiger partial charge in [-0.2, -0.15) is 5.10 Å². The monoisotopic (exact) mass is 603 g/mol. The maximum atomic E-state index is 5.44. The molecule has 0 fully saturated rings. The van der Waals surface area contributed by atoms with E-state index in [0.717, 1.165) is 45.0 Å². The molecule has 0 unspecified atom stereocenters. The van der Waals surface area contributed by atoms with Crippen LogP contribution >= 0.6 is 0 Å². The number of nitrogens with zero attached hydrogens (tertiary/aromatic N) is 3. The Morgan fingerprint density at radius 1 is 0.362 bits per heavy atom. The first-order valence-electron chi connectivity index (χ1n) is 16.0. The molecule has 7 aromatic rings. The van der Waals surface area contributed by atoms with Crippen LogP contribution in [0.3, 0.4) is 0 Å². The van der Waals surface area contributed by atoms with E-state index in [1.165, 1.54) is 22.3 Å². The van der Waals surface area contributed by atoms with Gasteiger partial charge in [-0.15, -0.1) is 0 Å². The zero-order valence-electron chi connectivity index (χ0n) is 25.9. The van der Waals surface area contributed by atoms with Gasteiger partial charge < -0.3 is 4.90 Å². The largest absolute Gasteiger partial charge is 0.304 e. The van der Waals surface area contributed by atoms with Crippen LogP contribution in [0.4, 0.5) is 11.4 Å². The number of hydrazone groups is 1. The molecule has 1 heterocycles. The van der Waals surface area contributed by atoms with Gasteiger partial charge in [-0.1, -0.05) is 170 Å². The van der Waals surface area contributed by atoms with Crippen LogP contribution in [0.2, 0.25) is 0 Å². The molecule has 3 heteroatoms. The number of anilines is 2.